The fraction of sp³-hybridized carbons (Fsp3) is 0.263. The molecule has 0 aliphatic rings. The van der Waals surface area contributed by atoms with Crippen LogP contribution < -0.4 is 10.6 Å². The highest BCUT2D eigenvalue weighted by Crippen LogP contribution is 2.14. The van der Waals surface area contributed by atoms with Crippen LogP contribution >= 0.6 is 0 Å². The Balaban J connectivity index is 2.04. The highest BCUT2D eigenvalue weighted by molar-refractivity contribution is 7.93. The first-order valence-corrected chi connectivity index (χ1v) is 9.97. The Bertz CT molecular complexity index is 862. The number of hydrogen-bond donors (Lipinski definition) is 2. The molecule has 26 heavy (non-hydrogen) atoms. The highest BCUT2D eigenvalue weighted by atomic mass is 32.2. The summed E-state index contributed by atoms with van der Waals surface area (Å²) in [5.74, 6) is -2.05. The summed E-state index contributed by atoms with van der Waals surface area (Å²) >= 11 is 0. The van der Waals surface area contributed by atoms with Crippen LogP contribution in [0.4, 0.5) is 11.4 Å². The van der Waals surface area contributed by atoms with Gasteiger partial charge in [-0.25, -0.2) is 8.42 Å². The Morgan fingerprint density at radius 3 is 2.08 bits per heavy atom. The van der Waals surface area contributed by atoms with Gasteiger partial charge in [-0.15, -0.1) is 0 Å². The number of carbonyl (C=O) groups is 2. The second kappa shape index (κ2) is 8.62. The zero-order valence-corrected chi connectivity index (χ0v) is 15.5. The van der Waals surface area contributed by atoms with E-state index in [2.05, 4.69) is 10.6 Å². The topological polar surface area (TPSA) is 92.3 Å². The van der Waals surface area contributed by atoms with E-state index in [1.54, 1.807) is 49.4 Å². The van der Waals surface area contributed by atoms with E-state index in [-0.39, 0.29) is 6.42 Å². The standard InChI is InChI=1S/C19H22N2O4S/c1-3-17(19(23)21-15-7-5-4-6-8-15)26(24,25)13-18(22)20-16-11-9-14(2)10-12-16/h4-12,17H,3,13H2,1-2H3,(H,20,22)(H,21,23). The van der Waals surface area contributed by atoms with Crippen LogP contribution in [0.1, 0.15) is 18.9 Å². The summed E-state index contributed by atoms with van der Waals surface area (Å²) in [6, 6.07) is 15.6. The molecule has 2 rings (SSSR count). The minimum atomic E-state index is -3.94. The molecule has 0 spiro atoms. The first kappa shape index (κ1) is 19.7. The third-order valence-corrected chi connectivity index (χ3v) is 5.88. The Morgan fingerprint density at radius 1 is 0.923 bits per heavy atom. The normalized spacial score (nSPS) is 12.2. The lowest BCUT2D eigenvalue weighted by molar-refractivity contribution is -0.115. The van der Waals surface area contributed by atoms with Crippen molar-refractivity contribution in [1.82, 2.24) is 0 Å². The number of carbonyl (C=O) groups excluding carboxylic acids is 2. The molecule has 0 aromatic heterocycles. The van der Waals surface area contributed by atoms with E-state index in [0.29, 0.717) is 11.4 Å². The number of sulfone groups is 1. The second-order valence-electron chi connectivity index (χ2n) is 5.97. The first-order chi connectivity index (χ1) is 12.3. The van der Waals surface area contributed by atoms with Gasteiger partial charge in [-0.2, -0.15) is 0 Å². The maximum atomic E-state index is 12.5. The van der Waals surface area contributed by atoms with Crippen LogP contribution in [0.15, 0.2) is 54.6 Å². The molecule has 0 aliphatic heterocycles. The largest absolute Gasteiger partial charge is 0.325 e. The van der Waals surface area contributed by atoms with Gasteiger partial charge < -0.3 is 10.6 Å². The molecule has 0 radical (unpaired) electrons. The molecule has 2 aromatic rings. The Hall–Kier alpha value is -2.67. The third kappa shape index (κ3) is 5.42. The van der Waals surface area contributed by atoms with Crippen LogP contribution in [0.2, 0.25) is 0 Å². The minimum Gasteiger partial charge on any atom is -0.325 e. The summed E-state index contributed by atoms with van der Waals surface area (Å²) in [4.78, 5) is 24.4. The fourth-order valence-corrected chi connectivity index (χ4v) is 4.00. The lowest BCUT2D eigenvalue weighted by atomic mass is 10.2. The smallest absolute Gasteiger partial charge is 0.242 e. The van der Waals surface area contributed by atoms with E-state index in [1.807, 2.05) is 19.1 Å². The third-order valence-electron chi connectivity index (χ3n) is 3.81. The number of nitrogens with one attached hydrogen (secondary N) is 2. The summed E-state index contributed by atoms with van der Waals surface area (Å²) in [5.41, 5.74) is 2.05. The summed E-state index contributed by atoms with van der Waals surface area (Å²) in [6.45, 7) is 3.51. The van der Waals surface area contributed by atoms with Crippen molar-refractivity contribution in [1.29, 1.82) is 0 Å². The van der Waals surface area contributed by atoms with Crippen LogP contribution in [0, 0.1) is 6.92 Å². The molecular formula is C19H22N2O4S. The van der Waals surface area contributed by atoms with Crippen molar-refractivity contribution in [2.75, 3.05) is 16.4 Å². The fourth-order valence-electron chi connectivity index (χ4n) is 2.46. The number of rotatable bonds is 7. The van der Waals surface area contributed by atoms with Gasteiger partial charge >= 0.3 is 0 Å². The molecule has 138 valence electrons. The maximum absolute atomic E-state index is 12.5. The molecule has 0 bridgehead atoms. The Kier molecular flexibility index (Phi) is 6.52. The van der Waals surface area contributed by atoms with Crippen molar-refractivity contribution in [3.05, 3.63) is 60.2 Å². The van der Waals surface area contributed by atoms with E-state index in [9.17, 15) is 18.0 Å². The van der Waals surface area contributed by atoms with Gasteiger partial charge in [-0.3, -0.25) is 9.59 Å². The van der Waals surface area contributed by atoms with E-state index < -0.39 is 32.7 Å². The molecule has 1 unspecified atom stereocenters. The first-order valence-electron chi connectivity index (χ1n) is 8.26. The number of anilines is 2. The van der Waals surface area contributed by atoms with Gasteiger partial charge in [0.15, 0.2) is 9.84 Å². The van der Waals surface area contributed by atoms with E-state index >= 15 is 0 Å². The zero-order valence-electron chi connectivity index (χ0n) is 14.7. The summed E-state index contributed by atoms with van der Waals surface area (Å²) < 4.78 is 25.1. The molecule has 0 aliphatic carbocycles. The van der Waals surface area contributed by atoms with Gasteiger partial charge in [0.1, 0.15) is 11.0 Å². The molecule has 6 nitrogen and oxygen atoms in total. The number of benzene rings is 2. The predicted molar refractivity (Wildman–Crippen MR) is 103 cm³/mol. The SMILES string of the molecule is CCC(C(=O)Nc1ccccc1)S(=O)(=O)CC(=O)Nc1ccc(C)cc1. The average molecular weight is 374 g/mol. The van der Waals surface area contributed by atoms with E-state index in [1.165, 1.54) is 0 Å². The highest BCUT2D eigenvalue weighted by Gasteiger charge is 2.33. The van der Waals surface area contributed by atoms with Gasteiger partial charge in [0.25, 0.3) is 0 Å². The van der Waals surface area contributed by atoms with Crippen LogP contribution in [0.25, 0.3) is 0 Å². The van der Waals surface area contributed by atoms with Gasteiger partial charge in [-0.1, -0.05) is 42.8 Å². The minimum absolute atomic E-state index is 0.0822. The lowest BCUT2D eigenvalue weighted by Gasteiger charge is -2.16. The van der Waals surface area contributed by atoms with Crippen molar-refractivity contribution in [3.63, 3.8) is 0 Å². The number of para-hydroxylation sites is 1. The Morgan fingerprint density at radius 2 is 1.50 bits per heavy atom. The predicted octanol–water partition coefficient (Wildman–Crippen LogP) is 2.77. The van der Waals surface area contributed by atoms with Gasteiger partial charge in [0, 0.05) is 11.4 Å². The van der Waals surface area contributed by atoms with Crippen molar-refractivity contribution >= 4 is 33.0 Å². The van der Waals surface area contributed by atoms with Gasteiger partial charge in [-0.05, 0) is 37.6 Å². The van der Waals surface area contributed by atoms with E-state index in [4.69, 9.17) is 0 Å². The molecule has 2 amide bonds. The van der Waals surface area contributed by atoms with E-state index in [0.717, 1.165) is 5.56 Å². The number of amides is 2. The molecule has 0 fully saturated rings. The molecule has 7 heteroatoms. The summed E-state index contributed by atoms with van der Waals surface area (Å²) in [6.07, 6.45) is 0.0822. The molecule has 0 saturated carbocycles. The van der Waals surface area contributed by atoms with Crippen LogP contribution in [-0.2, 0) is 19.4 Å². The molecule has 0 saturated heterocycles. The Labute approximate surface area is 153 Å². The average Bonchev–Trinajstić information content (AvgIpc) is 2.57. The van der Waals surface area contributed by atoms with Gasteiger partial charge in [0.05, 0.1) is 0 Å². The molecular weight excluding hydrogens is 352 g/mol. The van der Waals surface area contributed by atoms with Crippen LogP contribution in [0.3, 0.4) is 0 Å². The zero-order chi connectivity index (χ0) is 19.2. The molecule has 2 aromatic carbocycles. The monoisotopic (exact) mass is 374 g/mol. The van der Waals surface area contributed by atoms with Crippen molar-refractivity contribution in [2.45, 2.75) is 25.5 Å². The molecule has 0 heterocycles. The summed E-state index contributed by atoms with van der Waals surface area (Å²) in [7, 11) is -3.94. The second-order valence-corrected chi connectivity index (χ2v) is 8.16. The number of aryl methyl sites for hydroxylation is 1. The van der Waals surface area contributed by atoms with Crippen molar-refractivity contribution in [3.8, 4) is 0 Å². The lowest BCUT2D eigenvalue weighted by Crippen LogP contribution is -2.39. The van der Waals surface area contributed by atoms with Crippen LogP contribution in [-0.4, -0.2) is 31.2 Å². The van der Waals surface area contributed by atoms with Crippen molar-refractivity contribution < 1.29 is 18.0 Å². The summed E-state index contributed by atoms with van der Waals surface area (Å²) in [5, 5.41) is 3.84. The van der Waals surface area contributed by atoms with Crippen molar-refractivity contribution in [2.24, 2.45) is 0 Å². The molecule has 2 N–H and O–H groups in total. The van der Waals surface area contributed by atoms with Crippen LogP contribution in [0.5, 0.6) is 0 Å². The maximum Gasteiger partial charge on any atom is 0.242 e. The quantitative estimate of drug-likeness (QED) is 0.779. The molecule has 1 atom stereocenters. The number of hydrogen-bond acceptors (Lipinski definition) is 4. The van der Waals surface area contributed by atoms with Gasteiger partial charge in [0.2, 0.25) is 11.8 Å².